The zero-order valence-electron chi connectivity index (χ0n) is 10.4. The fourth-order valence-electron chi connectivity index (χ4n) is 2.84. The normalized spacial score (nSPS) is 19.6. The zero-order chi connectivity index (χ0) is 11.7. The number of benzene rings is 1. The summed E-state index contributed by atoms with van der Waals surface area (Å²) in [7, 11) is 0. The van der Waals surface area contributed by atoms with Gasteiger partial charge in [-0.1, -0.05) is 13.0 Å². The zero-order valence-corrected chi connectivity index (χ0v) is 10.4. The van der Waals surface area contributed by atoms with E-state index < -0.39 is 0 Å². The summed E-state index contributed by atoms with van der Waals surface area (Å²) < 4.78 is 13.9. The van der Waals surface area contributed by atoms with Gasteiger partial charge in [0.2, 0.25) is 0 Å². The Kier molecular flexibility index (Phi) is 3.29. The predicted octanol–water partition coefficient (Wildman–Crippen LogP) is 3.43. The summed E-state index contributed by atoms with van der Waals surface area (Å²) >= 11 is 0. The van der Waals surface area contributed by atoms with Crippen molar-refractivity contribution in [3.63, 3.8) is 0 Å². The maximum absolute atomic E-state index is 13.9. The molecule has 0 aliphatic heterocycles. The van der Waals surface area contributed by atoms with E-state index in [2.05, 4.69) is 12.2 Å². The van der Waals surface area contributed by atoms with Crippen molar-refractivity contribution >= 4 is 0 Å². The van der Waals surface area contributed by atoms with Crippen LogP contribution in [-0.4, -0.2) is 6.54 Å². The molecule has 0 heterocycles. The highest BCUT2D eigenvalue weighted by molar-refractivity contribution is 5.43. The van der Waals surface area contributed by atoms with Gasteiger partial charge in [-0.15, -0.1) is 0 Å². The molecule has 1 aromatic rings. The van der Waals surface area contributed by atoms with E-state index in [4.69, 9.17) is 0 Å². The second-order valence-corrected chi connectivity index (χ2v) is 4.71. The number of nitrogens with one attached hydrogen (secondary N) is 1. The number of aryl methyl sites for hydroxylation is 2. The first-order valence-electron chi connectivity index (χ1n) is 6.17. The van der Waals surface area contributed by atoms with Crippen LogP contribution in [0.25, 0.3) is 0 Å². The van der Waals surface area contributed by atoms with E-state index in [-0.39, 0.29) is 5.82 Å². The van der Waals surface area contributed by atoms with Gasteiger partial charge in [-0.05, 0) is 61.9 Å². The molecule has 0 aromatic heterocycles. The molecule has 0 saturated carbocycles. The van der Waals surface area contributed by atoms with Crippen LogP contribution in [0.5, 0.6) is 0 Å². The van der Waals surface area contributed by atoms with Gasteiger partial charge in [0.25, 0.3) is 0 Å². The van der Waals surface area contributed by atoms with Crippen LogP contribution in [0.4, 0.5) is 4.39 Å². The quantitative estimate of drug-likeness (QED) is 0.806. The Hall–Kier alpha value is -0.890. The fourth-order valence-corrected chi connectivity index (χ4v) is 2.84. The second-order valence-electron chi connectivity index (χ2n) is 4.71. The van der Waals surface area contributed by atoms with Crippen molar-refractivity contribution in [3.05, 3.63) is 34.1 Å². The first kappa shape index (κ1) is 11.6. The summed E-state index contributed by atoms with van der Waals surface area (Å²) in [6, 6.07) is 2.38. The van der Waals surface area contributed by atoms with E-state index >= 15 is 0 Å². The molecule has 0 spiro atoms. The Morgan fingerprint density at radius 2 is 2.19 bits per heavy atom. The van der Waals surface area contributed by atoms with E-state index in [9.17, 15) is 4.39 Å². The van der Waals surface area contributed by atoms with Crippen LogP contribution >= 0.6 is 0 Å². The Morgan fingerprint density at radius 1 is 1.44 bits per heavy atom. The Balaban J connectivity index is 2.50. The van der Waals surface area contributed by atoms with E-state index in [0.29, 0.717) is 6.04 Å². The van der Waals surface area contributed by atoms with Gasteiger partial charge < -0.3 is 5.32 Å². The van der Waals surface area contributed by atoms with E-state index in [1.807, 2.05) is 19.9 Å². The Labute approximate surface area is 97.1 Å². The van der Waals surface area contributed by atoms with Crippen LogP contribution < -0.4 is 5.32 Å². The third kappa shape index (κ3) is 1.86. The van der Waals surface area contributed by atoms with Crippen molar-refractivity contribution in [2.75, 3.05) is 6.54 Å². The van der Waals surface area contributed by atoms with Crippen LogP contribution in [0.2, 0.25) is 0 Å². The van der Waals surface area contributed by atoms with E-state index in [0.717, 1.165) is 30.5 Å². The van der Waals surface area contributed by atoms with E-state index in [1.165, 1.54) is 17.5 Å². The largest absolute Gasteiger partial charge is 0.310 e. The van der Waals surface area contributed by atoms with Gasteiger partial charge in [-0.3, -0.25) is 0 Å². The minimum Gasteiger partial charge on any atom is -0.310 e. The maximum Gasteiger partial charge on any atom is 0.129 e. The molecule has 0 fully saturated rings. The molecule has 1 unspecified atom stereocenters. The highest BCUT2D eigenvalue weighted by Crippen LogP contribution is 2.34. The summed E-state index contributed by atoms with van der Waals surface area (Å²) in [6.45, 7) is 6.82. The monoisotopic (exact) mass is 221 g/mol. The summed E-state index contributed by atoms with van der Waals surface area (Å²) in [6.07, 6.45) is 3.43. The van der Waals surface area contributed by atoms with Crippen LogP contribution in [0.1, 0.15) is 48.1 Å². The smallest absolute Gasteiger partial charge is 0.129 e. The van der Waals surface area contributed by atoms with Gasteiger partial charge in [0.1, 0.15) is 5.82 Å². The molecule has 1 aliphatic rings. The van der Waals surface area contributed by atoms with Crippen molar-refractivity contribution in [2.45, 2.75) is 46.1 Å². The third-order valence-electron chi connectivity index (χ3n) is 3.55. The lowest BCUT2D eigenvalue weighted by atomic mass is 9.83. The molecule has 0 bridgehead atoms. The predicted molar refractivity (Wildman–Crippen MR) is 65.2 cm³/mol. The third-order valence-corrected chi connectivity index (χ3v) is 3.55. The molecular weight excluding hydrogens is 201 g/mol. The Morgan fingerprint density at radius 3 is 2.88 bits per heavy atom. The van der Waals surface area contributed by atoms with Gasteiger partial charge in [0.05, 0.1) is 0 Å². The minimum atomic E-state index is -0.0245. The summed E-state index contributed by atoms with van der Waals surface area (Å²) in [5.41, 5.74) is 4.19. The standard InChI is InChI=1S/C14H20FN/c1-4-16-12-7-5-6-11-8-9(2)14(15)10(3)13(11)12/h8,12,16H,4-7H2,1-3H3. The molecule has 1 N–H and O–H groups in total. The molecule has 0 radical (unpaired) electrons. The summed E-state index contributed by atoms with van der Waals surface area (Å²) in [4.78, 5) is 0. The molecule has 0 amide bonds. The van der Waals surface area contributed by atoms with Crippen molar-refractivity contribution in [1.29, 1.82) is 0 Å². The first-order valence-corrected chi connectivity index (χ1v) is 6.17. The molecule has 1 atom stereocenters. The maximum atomic E-state index is 13.9. The number of rotatable bonds is 2. The van der Waals surface area contributed by atoms with Gasteiger partial charge in [0, 0.05) is 6.04 Å². The van der Waals surface area contributed by atoms with Gasteiger partial charge in [-0.2, -0.15) is 0 Å². The molecule has 1 aliphatic carbocycles. The highest BCUT2D eigenvalue weighted by atomic mass is 19.1. The van der Waals surface area contributed by atoms with Crippen molar-refractivity contribution < 1.29 is 4.39 Å². The lowest BCUT2D eigenvalue weighted by Crippen LogP contribution is -2.26. The molecule has 1 nitrogen and oxygen atoms in total. The van der Waals surface area contributed by atoms with Gasteiger partial charge in [-0.25, -0.2) is 4.39 Å². The van der Waals surface area contributed by atoms with Crippen LogP contribution in [0.15, 0.2) is 6.07 Å². The number of fused-ring (bicyclic) bond motifs is 1. The summed E-state index contributed by atoms with van der Waals surface area (Å²) in [5, 5.41) is 3.46. The molecule has 2 heteroatoms. The molecule has 2 rings (SSSR count). The number of hydrogen-bond acceptors (Lipinski definition) is 1. The first-order chi connectivity index (χ1) is 7.65. The molecular formula is C14H20FN. The van der Waals surface area contributed by atoms with Gasteiger partial charge >= 0.3 is 0 Å². The molecule has 88 valence electrons. The molecule has 16 heavy (non-hydrogen) atoms. The lowest BCUT2D eigenvalue weighted by Gasteiger charge is -2.28. The van der Waals surface area contributed by atoms with Crippen LogP contribution in [0.3, 0.4) is 0 Å². The van der Waals surface area contributed by atoms with Crippen molar-refractivity contribution in [3.8, 4) is 0 Å². The van der Waals surface area contributed by atoms with Crippen LogP contribution in [0, 0.1) is 19.7 Å². The fraction of sp³-hybridized carbons (Fsp3) is 0.571. The average Bonchev–Trinajstić information content (AvgIpc) is 2.26. The lowest BCUT2D eigenvalue weighted by molar-refractivity contribution is 0.463. The van der Waals surface area contributed by atoms with Crippen molar-refractivity contribution in [2.24, 2.45) is 0 Å². The number of halogens is 1. The topological polar surface area (TPSA) is 12.0 Å². The van der Waals surface area contributed by atoms with Gasteiger partial charge in [0.15, 0.2) is 0 Å². The SMILES string of the molecule is CCNC1CCCc2cc(C)c(F)c(C)c21. The number of hydrogen-bond donors (Lipinski definition) is 1. The minimum absolute atomic E-state index is 0.0245. The highest BCUT2D eigenvalue weighted by Gasteiger charge is 2.23. The van der Waals surface area contributed by atoms with Crippen molar-refractivity contribution in [1.82, 2.24) is 5.32 Å². The average molecular weight is 221 g/mol. The summed E-state index contributed by atoms with van der Waals surface area (Å²) in [5.74, 6) is -0.0245. The molecule has 0 saturated heterocycles. The second kappa shape index (κ2) is 4.54. The van der Waals surface area contributed by atoms with Crippen LogP contribution in [-0.2, 0) is 6.42 Å². The Bertz CT molecular complexity index is 398. The molecule has 1 aromatic carbocycles. The van der Waals surface area contributed by atoms with E-state index in [1.54, 1.807) is 0 Å².